The smallest absolute Gasteiger partial charge is 0.280 e. The molecule has 4 aromatic rings. The van der Waals surface area contributed by atoms with Gasteiger partial charge in [-0.3, -0.25) is 19.8 Å². The van der Waals surface area contributed by atoms with Crippen LogP contribution in [0.4, 0.5) is 11.6 Å². The second-order valence-corrected chi connectivity index (χ2v) is 6.84. The summed E-state index contributed by atoms with van der Waals surface area (Å²) in [6.07, 6.45) is 7.97. The summed E-state index contributed by atoms with van der Waals surface area (Å²) in [5.41, 5.74) is 4.22. The summed E-state index contributed by atoms with van der Waals surface area (Å²) in [5, 5.41) is 14.6. The van der Waals surface area contributed by atoms with Crippen molar-refractivity contribution in [2.45, 2.75) is 13.3 Å². The van der Waals surface area contributed by atoms with Gasteiger partial charge < -0.3 is 4.90 Å². The first kappa shape index (κ1) is 18.5. The third kappa shape index (κ3) is 4.05. The summed E-state index contributed by atoms with van der Waals surface area (Å²) >= 11 is 0. The fourth-order valence-electron chi connectivity index (χ4n) is 3.05. The molecule has 0 aliphatic heterocycles. The van der Waals surface area contributed by atoms with Crippen molar-refractivity contribution in [2.75, 3.05) is 23.8 Å². The fourth-order valence-corrected chi connectivity index (χ4v) is 3.05. The van der Waals surface area contributed by atoms with Crippen LogP contribution in [0.2, 0.25) is 0 Å². The molecule has 0 fully saturated rings. The minimum Gasteiger partial charge on any atom is -0.373 e. The van der Waals surface area contributed by atoms with E-state index in [1.54, 1.807) is 24.0 Å². The van der Waals surface area contributed by atoms with Gasteiger partial charge in [-0.05, 0) is 42.7 Å². The van der Waals surface area contributed by atoms with Crippen LogP contribution in [0.15, 0.2) is 43.0 Å². The minimum absolute atomic E-state index is 0.207. The molecule has 29 heavy (non-hydrogen) atoms. The molecule has 0 unspecified atom stereocenters. The number of rotatable bonds is 6. The lowest BCUT2D eigenvalue weighted by Crippen LogP contribution is -2.21. The van der Waals surface area contributed by atoms with E-state index in [1.807, 2.05) is 38.4 Å². The lowest BCUT2D eigenvalue weighted by molar-refractivity contribution is 0.102. The maximum absolute atomic E-state index is 12.2. The molecule has 10 heteroatoms. The van der Waals surface area contributed by atoms with Crippen LogP contribution < -0.4 is 10.2 Å². The Morgan fingerprint density at radius 1 is 1.24 bits per heavy atom. The van der Waals surface area contributed by atoms with Crippen LogP contribution >= 0.6 is 0 Å². The van der Waals surface area contributed by atoms with Gasteiger partial charge in [0.2, 0.25) is 5.95 Å². The van der Waals surface area contributed by atoms with Crippen molar-refractivity contribution in [3.05, 3.63) is 59.8 Å². The van der Waals surface area contributed by atoms with Gasteiger partial charge >= 0.3 is 0 Å². The van der Waals surface area contributed by atoms with Crippen LogP contribution in [0.3, 0.4) is 0 Å². The Morgan fingerprint density at radius 3 is 2.76 bits per heavy atom. The molecule has 4 aromatic heterocycles. The molecule has 0 saturated carbocycles. The Labute approximate surface area is 167 Å². The number of aryl methyl sites for hydroxylation is 2. The van der Waals surface area contributed by atoms with E-state index in [0.29, 0.717) is 5.65 Å². The number of aromatic nitrogens is 7. The zero-order valence-corrected chi connectivity index (χ0v) is 16.4. The molecule has 0 saturated heterocycles. The van der Waals surface area contributed by atoms with Gasteiger partial charge in [-0.2, -0.15) is 4.98 Å². The SMILES string of the molecule is Cc1cc2nc(NC(=O)c3cn(C)nn3)nn2cc1N(C)CCc1ccncc1. The monoisotopic (exact) mass is 391 g/mol. The number of hydrogen-bond donors (Lipinski definition) is 1. The van der Waals surface area contributed by atoms with Crippen LogP contribution in [0, 0.1) is 6.92 Å². The Kier molecular flexibility index (Phi) is 4.90. The number of carbonyl (C=O) groups excluding carboxylic acids is 1. The van der Waals surface area contributed by atoms with Crippen molar-refractivity contribution < 1.29 is 4.79 Å². The van der Waals surface area contributed by atoms with E-state index >= 15 is 0 Å². The summed E-state index contributed by atoms with van der Waals surface area (Å²) < 4.78 is 3.13. The molecule has 0 spiro atoms. The average Bonchev–Trinajstić information content (AvgIpc) is 3.31. The predicted molar refractivity (Wildman–Crippen MR) is 108 cm³/mol. The van der Waals surface area contributed by atoms with Crippen molar-refractivity contribution in [1.82, 2.24) is 34.6 Å². The quantitative estimate of drug-likeness (QED) is 0.531. The van der Waals surface area contributed by atoms with E-state index in [2.05, 4.69) is 35.6 Å². The first-order valence-corrected chi connectivity index (χ1v) is 9.14. The fraction of sp³-hybridized carbons (Fsp3) is 0.263. The molecule has 10 nitrogen and oxygen atoms in total. The highest BCUT2D eigenvalue weighted by molar-refractivity contribution is 6.01. The zero-order valence-electron chi connectivity index (χ0n) is 16.4. The van der Waals surface area contributed by atoms with Crippen LogP contribution in [-0.2, 0) is 13.5 Å². The predicted octanol–water partition coefficient (Wildman–Crippen LogP) is 1.49. The van der Waals surface area contributed by atoms with Gasteiger partial charge in [0.1, 0.15) is 0 Å². The number of fused-ring (bicyclic) bond motifs is 1. The number of likely N-dealkylation sites (N-methyl/N-ethyl adjacent to an activating group) is 1. The van der Waals surface area contributed by atoms with Gasteiger partial charge in [-0.25, -0.2) is 4.52 Å². The highest BCUT2D eigenvalue weighted by atomic mass is 16.2. The largest absolute Gasteiger partial charge is 0.373 e. The third-order valence-electron chi connectivity index (χ3n) is 4.61. The van der Waals surface area contributed by atoms with Crippen molar-refractivity contribution in [3.8, 4) is 0 Å². The van der Waals surface area contributed by atoms with Gasteiger partial charge in [-0.1, -0.05) is 5.21 Å². The molecule has 4 rings (SSSR count). The molecule has 1 N–H and O–H groups in total. The number of anilines is 2. The number of pyridine rings is 2. The van der Waals surface area contributed by atoms with E-state index in [-0.39, 0.29) is 11.6 Å². The number of nitrogens with one attached hydrogen (secondary N) is 1. The molecule has 4 heterocycles. The van der Waals surface area contributed by atoms with Crippen LogP contribution in [0.1, 0.15) is 21.6 Å². The zero-order chi connectivity index (χ0) is 20.4. The third-order valence-corrected chi connectivity index (χ3v) is 4.61. The Bertz CT molecular complexity index is 1150. The Balaban J connectivity index is 1.51. The molecule has 0 bridgehead atoms. The van der Waals surface area contributed by atoms with E-state index < -0.39 is 5.91 Å². The lowest BCUT2D eigenvalue weighted by atomic mass is 10.1. The van der Waals surface area contributed by atoms with Gasteiger partial charge in [0.05, 0.1) is 18.1 Å². The number of nitrogens with zero attached hydrogens (tertiary/aromatic N) is 8. The Morgan fingerprint density at radius 2 is 2.03 bits per heavy atom. The standard InChI is InChI=1S/C19H21N9O/c1-13-10-17-21-19(22-18(29)15-11-27(3)25-23-15)24-28(17)12-16(13)26(2)9-6-14-4-7-20-8-5-14/h4-5,7-8,10-12H,6,9H2,1-3H3,(H,22,24,29). The Hall–Kier alpha value is -3.82. The molecule has 1 amide bonds. The van der Waals surface area contributed by atoms with Crippen LogP contribution in [0.25, 0.3) is 5.65 Å². The summed E-state index contributed by atoms with van der Waals surface area (Å²) in [7, 11) is 3.74. The molecule has 0 atom stereocenters. The van der Waals surface area contributed by atoms with Crippen LogP contribution in [0.5, 0.6) is 0 Å². The molecule has 0 aliphatic rings. The second kappa shape index (κ2) is 7.66. The molecule has 0 aliphatic carbocycles. The van der Waals surface area contributed by atoms with Crippen molar-refractivity contribution in [3.63, 3.8) is 0 Å². The summed E-state index contributed by atoms with van der Waals surface area (Å²) in [6, 6.07) is 5.99. The molecule has 0 aromatic carbocycles. The second-order valence-electron chi connectivity index (χ2n) is 6.84. The van der Waals surface area contributed by atoms with Gasteiger partial charge in [0.15, 0.2) is 11.3 Å². The van der Waals surface area contributed by atoms with Gasteiger partial charge in [-0.15, -0.1) is 10.2 Å². The molecule has 148 valence electrons. The van der Waals surface area contributed by atoms with E-state index in [9.17, 15) is 4.79 Å². The van der Waals surface area contributed by atoms with E-state index in [1.165, 1.54) is 16.4 Å². The van der Waals surface area contributed by atoms with E-state index in [4.69, 9.17) is 0 Å². The van der Waals surface area contributed by atoms with Gasteiger partial charge in [0, 0.05) is 33.0 Å². The molecular formula is C19H21N9O. The number of amides is 1. The maximum Gasteiger partial charge on any atom is 0.280 e. The summed E-state index contributed by atoms with van der Waals surface area (Å²) in [5.74, 6) is -0.183. The lowest BCUT2D eigenvalue weighted by Gasteiger charge is -2.21. The van der Waals surface area contributed by atoms with Crippen molar-refractivity contribution >= 4 is 23.2 Å². The summed E-state index contributed by atoms with van der Waals surface area (Å²) in [4.78, 5) is 22.8. The molecule has 0 radical (unpaired) electrons. The van der Waals surface area contributed by atoms with Crippen molar-refractivity contribution in [2.24, 2.45) is 7.05 Å². The van der Waals surface area contributed by atoms with Crippen LogP contribution in [-0.4, -0.2) is 54.1 Å². The first-order valence-electron chi connectivity index (χ1n) is 9.14. The number of carbonyl (C=O) groups is 1. The minimum atomic E-state index is -0.402. The molecular weight excluding hydrogens is 370 g/mol. The van der Waals surface area contributed by atoms with Crippen molar-refractivity contribution in [1.29, 1.82) is 0 Å². The first-order chi connectivity index (χ1) is 14.0. The van der Waals surface area contributed by atoms with Gasteiger partial charge in [0.25, 0.3) is 5.91 Å². The topological polar surface area (TPSA) is 106 Å². The highest BCUT2D eigenvalue weighted by Gasteiger charge is 2.15. The maximum atomic E-state index is 12.2. The summed E-state index contributed by atoms with van der Waals surface area (Å²) in [6.45, 7) is 2.88. The number of hydrogen-bond acceptors (Lipinski definition) is 7. The highest BCUT2D eigenvalue weighted by Crippen LogP contribution is 2.21. The average molecular weight is 391 g/mol. The van der Waals surface area contributed by atoms with E-state index in [0.717, 1.165) is 24.2 Å². The normalized spacial score (nSPS) is 11.0.